The smallest absolute Gasteiger partial charge is 0.274 e. The SMILES string of the molecule is C=CCn1nc(C(=O)N2CCCCCC2)c2c1CC[C@H](NCC1(c3ccccc3)CCOCC1)C2. The first-order valence-electron chi connectivity index (χ1n) is 13.6. The molecule has 6 heteroatoms. The first-order valence-corrected chi connectivity index (χ1v) is 13.6. The third kappa shape index (κ3) is 5.24. The molecule has 35 heavy (non-hydrogen) atoms. The number of likely N-dealkylation sites (tertiary alicyclic amines) is 1. The fraction of sp³-hybridized carbons (Fsp3) is 0.586. The molecule has 2 saturated heterocycles. The van der Waals surface area contributed by atoms with Crippen LogP contribution in [0.25, 0.3) is 0 Å². The molecule has 2 aromatic rings. The van der Waals surface area contributed by atoms with Crippen molar-refractivity contribution in [3.8, 4) is 0 Å². The highest BCUT2D eigenvalue weighted by Gasteiger charge is 2.36. The van der Waals surface area contributed by atoms with Gasteiger partial charge in [0.2, 0.25) is 0 Å². The monoisotopic (exact) mass is 476 g/mol. The van der Waals surface area contributed by atoms with Crippen molar-refractivity contribution in [2.75, 3.05) is 32.8 Å². The minimum absolute atomic E-state index is 0.109. The highest BCUT2D eigenvalue weighted by Crippen LogP contribution is 2.35. The van der Waals surface area contributed by atoms with E-state index in [1.165, 1.54) is 24.1 Å². The minimum Gasteiger partial charge on any atom is -0.381 e. The van der Waals surface area contributed by atoms with Gasteiger partial charge in [0.25, 0.3) is 5.91 Å². The van der Waals surface area contributed by atoms with E-state index in [2.05, 4.69) is 42.2 Å². The number of allylic oxidation sites excluding steroid dienone is 1. The Morgan fingerprint density at radius 1 is 1.14 bits per heavy atom. The Balaban J connectivity index is 1.34. The standard InChI is InChI=1S/C29H40N4O2/c1-2-16-33-26-13-12-24(21-25(26)27(31-33)28(34)32-17-8-3-4-9-18-32)30-22-29(14-19-35-20-15-29)23-10-6-5-7-11-23/h2,5-7,10-11,24,30H,1,3-4,8-9,12-22H2/t24-/m0/s1. The summed E-state index contributed by atoms with van der Waals surface area (Å²) in [5, 5.41) is 8.77. The first kappa shape index (κ1) is 24.3. The molecule has 1 aromatic heterocycles. The van der Waals surface area contributed by atoms with Crippen molar-refractivity contribution in [2.45, 2.75) is 75.8 Å². The van der Waals surface area contributed by atoms with Gasteiger partial charge in [-0.25, -0.2) is 0 Å². The third-order valence-electron chi connectivity index (χ3n) is 8.31. The zero-order chi connectivity index (χ0) is 24.1. The number of hydrogen-bond donors (Lipinski definition) is 1. The van der Waals surface area contributed by atoms with E-state index in [-0.39, 0.29) is 11.3 Å². The number of ether oxygens (including phenoxy) is 1. The van der Waals surface area contributed by atoms with Crippen molar-refractivity contribution in [3.05, 3.63) is 65.5 Å². The predicted octanol–water partition coefficient (Wildman–Crippen LogP) is 4.28. The molecule has 5 rings (SSSR count). The number of carbonyl (C=O) groups excluding carboxylic acids is 1. The van der Waals surface area contributed by atoms with Crippen LogP contribution in [0.15, 0.2) is 43.0 Å². The predicted molar refractivity (Wildman–Crippen MR) is 139 cm³/mol. The van der Waals surface area contributed by atoms with Crippen LogP contribution in [0.4, 0.5) is 0 Å². The van der Waals surface area contributed by atoms with Gasteiger partial charge >= 0.3 is 0 Å². The van der Waals surface area contributed by atoms with Gasteiger partial charge in [0.1, 0.15) is 0 Å². The number of nitrogens with zero attached hydrogens (tertiary/aromatic N) is 3. The largest absolute Gasteiger partial charge is 0.381 e. The molecule has 0 spiro atoms. The average molecular weight is 477 g/mol. The van der Waals surface area contributed by atoms with Crippen molar-refractivity contribution in [1.29, 1.82) is 0 Å². The van der Waals surface area contributed by atoms with E-state index < -0.39 is 0 Å². The van der Waals surface area contributed by atoms with Crippen molar-refractivity contribution in [2.24, 2.45) is 0 Å². The Labute approximate surface area is 209 Å². The van der Waals surface area contributed by atoms with Crippen LogP contribution in [0.5, 0.6) is 0 Å². The van der Waals surface area contributed by atoms with Gasteiger partial charge in [-0.1, -0.05) is 49.2 Å². The van der Waals surface area contributed by atoms with Crippen molar-refractivity contribution in [3.63, 3.8) is 0 Å². The fourth-order valence-electron chi connectivity index (χ4n) is 6.19. The van der Waals surface area contributed by atoms with Crippen molar-refractivity contribution >= 4 is 5.91 Å². The summed E-state index contributed by atoms with van der Waals surface area (Å²) in [5.74, 6) is 0.122. The number of aromatic nitrogens is 2. The summed E-state index contributed by atoms with van der Waals surface area (Å²) >= 11 is 0. The van der Waals surface area contributed by atoms with Gasteiger partial charge in [0.05, 0.1) is 6.54 Å². The third-order valence-corrected chi connectivity index (χ3v) is 8.31. The van der Waals surface area contributed by atoms with Gasteiger partial charge in [-0.05, 0) is 50.5 Å². The maximum atomic E-state index is 13.6. The number of amides is 1. The molecule has 3 heterocycles. The second kappa shape index (κ2) is 11.1. The minimum atomic E-state index is 0.109. The molecule has 1 aromatic carbocycles. The van der Waals surface area contributed by atoms with E-state index in [9.17, 15) is 4.79 Å². The maximum Gasteiger partial charge on any atom is 0.274 e. The zero-order valence-corrected chi connectivity index (χ0v) is 21.0. The van der Waals surface area contributed by atoms with E-state index in [1.54, 1.807) is 0 Å². The van der Waals surface area contributed by atoms with Gasteiger partial charge in [0, 0.05) is 55.6 Å². The lowest BCUT2D eigenvalue weighted by molar-refractivity contribution is 0.0486. The number of benzene rings is 1. The maximum absolute atomic E-state index is 13.6. The van der Waals surface area contributed by atoms with Crippen LogP contribution in [-0.2, 0) is 29.5 Å². The fourth-order valence-corrected chi connectivity index (χ4v) is 6.19. The molecule has 0 unspecified atom stereocenters. The van der Waals surface area contributed by atoms with Crippen molar-refractivity contribution in [1.82, 2.24) is 20.0 Å². The summed E-state index contributed by atoms with van der Waals surface area (Å²) in [6, 6.07) is 11.3. The molecular weight excluding hydrogens is 436 g/mol. The second-order valence-electron chi connectivity index (χ2n) is 10.5. The summed E-state index contributed by atoms with van der Waals surface area (Å²) in [4.78, 5) is 15.6. The Bertz CT molecular complexity index is 1000. The van der Waals surface area contributed by atoms with Crippen LogP contribution in [0.1, 0.15) is 72.3 Å². The Hall–Kier alpha value is -2.44. The molecule has 0 radical (unpaired) electrons. The van der Waals surface area contributed by atoms with Crippen LogP contribution in [-0.4, -0.2) is 59.5 Å². The summed E-state index contributed by atoms with van der Waals surface area (Å²) in [5.41, 5.74) is 4.58. The Morgan fingerprint density at radius 2 is 1.89 bits per heavy atom. The lowest BCUT2D eigenvalue weighted by Gasteiger charge is -2.39. The molecule has 2 aliphatic heterocycles. The van der Waals surface area contributed by atoms with Crippen LogP contribution in [0.2, 0.25) is 0 Å². The second-order valence-corrected chi connectivity index (χ2v) is 10.5. The van der Waals surface area contributed by atoms with Gasteiger partial charge in [-0.2, -0.15) is 5.10 Å². The molecular formula is C29H40N4O2. The number of carbonyl (C=O) groups is 1. The quantitative estimate of drug-likeness (QED) is 0.606. The summed E-state index contributed by atoms with van der Waals surface area (Å²) < 4.78 is 7.75. The average Bonchev–Trinajstić information content (AvgIpc) is 3.06. The molecule has 188 valence electrons. The lowest BCUT2D eigenvalue weighted by Crippen LogP contribution is -2.47. The molecule has 1 amide bonds. The van der Waals surface area contributed by atoms with E-state index in [0.717, 1.165) is 83.4 Å². The summed E-state index contributed by atoms with van der Waals surface area (Å²) in [6.45, 7) is 8.85. The molecule has 0 bridgehead atoms. The summed E-state index contributed by atoms with van der Waals surface area (Å²) in [7, 11) is 0. The number of nitrogens with one attached hydrogen (secondary N) is 1. The highest BCUT2D eigenvalue weighted by molar-refractivity contribution is 5.94. The molecule has 1 N–H and O–H groups in total. The van der Waals surface area contributed by atoms with E-state index in [1.807, 2.05) is 15.7 Å². The Morgan fingerprint density at radius 3 is 2.60 bits per heavy atom. The topological polar surface area (TPSA) is 59.4 Å². The first-order chi connectivity index (χ1) is 17.2. The molecule has 1 atom stereocenters. The van der Waals surface area contributed by atoms with Gasteiger partial charge in [-0.15, -0.1) is 6.58 Å². The number of rotatable bonds is 7. The molecule has 6 nitrogen and oxygen atoms in total. The van der Waals surface area contributed by atoms with Crippen LogP contribution in [0.3, 0.4) is 0 Å². The molecule has 1 aliphatic carbocycles. The van der Waals surface area contributed by atoms with E-state index in [4.69, 9.17) is 9.84 Å². The van der Waals surface area contributed by atoms with E-state index in [0.29, 0.717) is 18.3 Å². The number of fused-ring (bicyclic) bond motifs is 1. The zero-order valence-electron chi connectivity index (χ0n) is 21.0. The van der Waals surface area contributed by atoms with Gasteiger partial charge < -0.3 is 15.0 Å². The van der Waals surface area contributed by atoms with Crippen LogP contribution >= 0.6 is 0 Å². The molecule has 0 saturated carbocycles. The Kier molecular flexibility index (Phi) is 7.69. The molecule has 3 aliphatic rings. The van der Waals surface area contributed by atoms with E-state index >= 15 is 0 Å². The van der Waals surface area contributed by atoms with Crippen molar-refractivity contribution < 1.29 is 9.53 Å². The van der Waals surface area contributed by atoms with Gasteiger partial charge in [0.15, 0.2) is 5.69 Å². The molecule has 2 fully saturated rings. The summed E-state index contributed by atoms with van der Waals surface area (Å²) in [6.07, 6.45) is 11.5. The normalized spacial score (nSPS) is 22.3. The highest BCUT2D eigenvalue weighted by atomic mass is 16.5. The lowest BCUT2D eigenvalue weighted by atomic mass is 9.73. The number of hydrogen-bond acceptors (Lipinski definition) is 4. The van der Waals surface area contributed by atoms with Gasteiger partial charge in [-0.3, -0.25) is 9.48 Å². The van der Waals surface area contributed by atoms with Crippen LogP contribution < -0.4 is 5.32 Å². The van der Waals surface area contributed by atoms with Crippen LogP contribution in [0, 0.1) is 0 Å².